The summed E-state index contributed by atoms with van der Waals surface area (Å²) in [6, 6.07) is -1.30. The number of carbonyl (C=O) groups is 3. The molecule has 1 aliphatic rings. The number of likely N-dealkylation sites (tertiary alicyclic amines) is 1. The highest BCUT2D eigenvalue weighted by Crippen LogP contribution is 2.25. The Bertz CT molecular complexity index is 637. The van der Waals surface area contributed by atoms with Crippen molar-refractivity contribution in [2.45, 2.75) is 86.4 Å². The summed E-state index contributed by atoms with van der Waals surface area (Å²) in [5, 5.41) is 12.2. The molecule has 0 aromatic rings. The van der Waals surface area contributed by atoms with Crippen LogP contribution in [0.25, 0.3) is 0 Å². The standard InChI is InChI=1S/C22H39N3O4.CH4/c1-14(2)17(13-15(3)21(28)29)25(8)20(27)18(22(4,5)6)23-19(26)16-11-9-10-12-24(16)7;/h13-14,16-18H,9-12H2,1-8H3,(H,23,26)(H,28,29);1H4/b15-13+;/t16-,17+,18+;/m0./s1. The van der Waals surface area contributed by atoms with E-state index >= 15 is 0 Å². The van der Waals surface area contributed by atoms with Crippen LogP contribution in [0, 0.1) is 11.3 Å². The summed E-state index contributed by atoms with van der Waals surface area (Å²) >= 11 is 0. The van der Waals surface area contributed by atoms with Gasteiger partial charge in [-0.1, -0.05) is 54.5 Å². The lowest BCUT2D eigenvalue weighted by atomic mass is 9.84. The molecule has 0 radical (unpaired) electrons. The van der Waals surface area contributed by atoms with E-state index in [1.807, 2.05) is 46.6 Å². The van der Waals surface area contributed by atoms with Crippen LogP contribution in [0.4, 0.5) is 0 Å². The summed E-state index contributed by atoms with van der Waals surface area (Å²) < 4.78 is 0. The summed E-state index contributed by atoms with van der Waals surface area (Å²) in [5.74, 6) is -1.30. The van der Waals surface area contributed by atoms with E-state index in [0.717, 1.165) is 25.8 Å². The van der Waals surface area contributed by atoms with Crippen molar-refractivity contribution in [3.8, 4) is 0 Å². The molecule has 0 saturated carbocycles. The van der Waals surface area contributed by atoms with Crippen LogP contribution in [0.2, 0.25) is 0 Å². The molecule has 0 aromatic carbocycles. The second-order valence-corrected chi connectivity index (χ2v) is 9.64. The third kappa shape index (κ3) is 7.42. The Kier molecular flexibility index (Phi) is 10.8. The summed E-state index contributed by atoms with van der Waals surface area (Å²) in [6.45, 7) is 12.1. The van der Waals surface area contributed by atoms with E-state index in [0.29, 0.717) is 0 Å². The maximum atomic E-state index is 13.4. The number of carboxylic acids is 1. The van der Waals surface area contributed by atoms with Crippen LogP contribution in [0.1, 0.15) is 68.2 Å². The number of hydrogen-bond acceptors (Lipinski definition) is 4. The zero-order valence-electron chi connectivity index (χ0n) is 19.3. The molecule has 30 heavy (non-hydrogen) atoms. The van der Waals surface area contributed by atoms with Crippen molar-refractivity contribution in [3.05, 3.63) is 11.6 Å². The molecule has 1 saturated heterocycles. The van der Waals surface area contributed by atoms with Gasteiger partial charge in [0.05, 0.1) is 12.1 Å². The number of likely N-dealkylation sites (N-methyl/N-ethyl adjacent to an activating group) is 2. The number of carbonyl (C=O) groups excluding carboxylic acids is 2. The number of nitrogens with zero attached hydrogens (tertiary/aromatic N) is 2. The van der Waals surface area contributed by atoms with Crippen molar-refractivity contribution >= 4 is 17.8 Å². The molecule has 0 aliphatic carbocycles. The van der Waals surface area contributed by atoms with Crippen LogP contribution in [0.15, 0.2) is 11.6 Å². The van der Waals surface area contributed by atoms with Crippen LogP contribution in [-0.4, -0.2) is 71.5 Å². The van der Waals surface area contributed by atoms with E-state index in [2.05, 4.69) is 5.32 Å². The van der Waals surface area contributed by atoms with E-state index in [1.54, 1.807) is 18.0 Å². The molecule has 7 heteroatoms. The van der Waals surface area contributed by atoms with Crippen LogP contribution < -0.4 is 5.32 Å². The molecular weight excluding hydrogens is 382 g/mol. The lowest BCUT2D eigenvalue weighted by Gasteiger charge is -2.39. The van der Waals surface area contributed by atoms with E-state index in [-0.39, 0.29) is 42.8 Å². The fourth-order valence-electron chi connectivity index (χ4n) is 3.72. The molecule has 7 nitrogen and oxygen atoms in total. The molecule has 0 unspecified atom stereocenters. The fourth-order valence-corrected chi connectivity index (χ4v) is 3.72. The fraction of sp³-hybridized carbons (Fsp3) is 0.783. The van der Waals surface area contributed by atoms with Gasteiger partial charge < -0.3 is 15.3 Å². The van der Waals surface area contributed by atoms with Gasteiger partial charge in [0.15, 0.2) is 0 Å². The van der Waals surface area contributed by atoms with Gasteiger partial charge in [-0.15, -0.1) is 0 Å². The maximum absolute atomic E-state index is 13.4. The topological polar surface area (TPSA) is 90.0 Å². The Morgan fingerprint density at radius 3 is 2.20 bits per heavy atom. The van der Waals surface area contributed by atoms with Gasteiger partial charge in [-0.2, -0.15) is 0 Å². The van der Waals surface area contributed by atoms with Crippen molar-refractivity contribution in [1.82, 2.24) is 15.1 Å². The normalized spacial score (nSPS) is 20.2. The lowest BCUT2D eigenvalue weighted by molar-refractivity contribution is -0.141. The molecule has 3 atom stereocenters. The van der Waals surface area contributed by atoms with Crippen LogP contribution in [-0.2, 0) is 14.4 Å². The smallest absolute Gasteiger partial charge is 0.331 e. The second kappa shape index (κ2) is 11.5. The van der Waals surface area contributed by atoms with Gasteiger partial charge in [-0.25, -0.2) is 4.79 Å². The Morgan fingerprint density at radius 2 is 1.77 bits per heavy atom. The van der Waals surface area contributed by atoms with Crippen molar-refractivity contribution < 1.29 is 19.5 Å². The minimum absolute atomic E-state index is 0. The SMILES string of the molecule is C.C/C(=C\[C@H](C(C)C)N(C)C(=O)[C@@H](NC(=O)[C@@H]1CCCCN1C)C(C)(C)C)C(=O)O. The van der Waals surface area contributed by atoms with Gasteiger partial charge >= 0.3 is 5.97 Å². The van der Waals surface area contributed by atoms with E-state index in [1.165, 1.54) is 6.92 Å². The van der Waals surface area contributed by atoms with Crippen LogP contribution in [0.3, 0.4) is 0 Å². The summed E-state index contributed by atoms with van der Waals surface area (Å²) in [7, 11) is 3.62. The first-order valence-electron chi connectivity index (χ1n) is 10.5. The average Bonchev–Trinajstić information content (AvgIpc) is 2.61. The largest absolute Gasteiger partial charge is 0.478 e. The molecule has 2 amide bonds. The highest BCUT2D eigenvalue weighted by atomic mass is 16.4. The summed E-state index contributed by atoms with van der Waals surface area (Å²) in [6.07, 6.45) is 4.49. The average molecular weight is 426 g/mol. The summed E-state index contributed by atoms with van der Waals surface area (Å²) in [4.78, 5) is 41.2. The van der Waals surface area contributed by atoms with Gasteiger partial charge in [-0.05, 0) is 44.7 Å². The van der Waals surface area contributed by atoms with E-state index in [9.17, 15) is 19.5 Å². The maximum Gasteiger partial charge on any atom is 0.331 e. The number of piperidine rings is 1. The zero-order chi connectivity index (χ0) is 22.5. The van der Waals surface area contributed by atoms with Crippen LogP contribution in [0.5, 0.6) is 0 Å². The van der Waals surface area contributed by atoms with Gasteiger partial charge in [0.2, 0.25) is 11.8 Å². The molecule has 1 aliphatic heterocycles. The first-order chi connectivity index (χ1) is 13.3. The van der Waals surface area contributed by atoms with Crippen molar-refractivity contribution in [2.24, 2.45) is 11.3 Å². The third-order valence-corrected chi connectivity index (χ3v) is 5.71. The molecule has 1 rings (SSSR count). The van der Waals surface area contributed by atoms with E-state index < -0.39 is 17.4 Å². The minimum atomic E-state index is -1.00. The van der Waals surface area contributed by atoms with E-state index in [4.69, 9.17) is 0 Å². The monoisotopic (exact) mass is 425 g/mol. The number of hydrogen-bond donors (Lipinski definition) is 2. The lowest BCUT2D eigenvalue weighted by Crippen LogP contribution is -2.59. The van der Waals surface area contributed by atoms with Crippen molar-refractivity contribution in [2.75, 3.05) is 20.6 Å². The molecule has 1 heterocycles. The van der Waals surface area contributed by atoms with Crippen molar-refractivity contribution in [3.63, 3.8) is 0 Å². The number of nitrogens with one attached hydrogen (secondary N) is 1. The quantitative estimate of drug-likeness (QED) is 0.612. The second-order valence-electron chi connectivity index (χ2n) is 9.64. The van der Waals surface area contributed by atoms with Crippen molar-refractivity contribution in [1.29, 1.82) is 0 Å². The highest BCUT2D eigenvalue weighted by molar-refractivity contribution is 5.91. The number of carboxylic acid groups (broad SMARTS) is 1. The van der Waals surface area contributed by atoms with Gasteiger partial charge in [-0.3, -0.25) is 14.5 Å². The number of amides is 2. The third-order valence-electron chi connectivity index (χ3n) is 5.71. The zero-order valence-corrected chi connectivity index (χ0v) is 19.3. The predicted octanol–water partition coefficient (Wildman–Crippen LogP) is 3.15. The molecule has 174 valence electrons. The molecular formula is C23H43N3O4. The molecule has 1 fully saturated rings. The van der Waals surface area contributed by atoms with Gasteiger partial charge in [0, 0.05) is 12.6 Å². The molecule has 0 spiro atoms. The summed E-state index contributed by atoms with van der Waals surface area (Å²) in [5.41, 5.74) is -0.287. The number of aliphatic carboxylic acids is 1. The Hall–Kier alpha value is -1.89. The van der Waals surface area contributed by atoms with Gasteiger partial charge in [0.25, 0.3) is 0 Å². The Balaban J connectivity index is 0.00000841. The first kappa shape index (κ1) is 28.1. The highest BCUT2D eigenvalue weighted by Gasteiger charge is 2.39. The first-order valence-corrected chi connectivity index (χ1v) is 10.5. The van der Waals surface area contributed by atoms with Crippen LogP contribution >= 0.6 is 0 Å². The molecule has 2 N–H and O–H groups in total. The number of rotatable bonds is 7. The minimum Gasteiger partial charge on any atom is -0.478 e. The Labute approximate surface area is 182 Å². The molecule has 0 aromatic heterocycles. The molecule has 0 bridgehead atoms. The Morgan fingerprint density at radius 1 is 1.20 bits per heavy atom. The van der Waals surface area contributed by atoms with Gasteiger partial charge in [0.1, 0.15) is 6.04 Å². The predicted molar refractivity (Wildman–Crippen MR) is 121 cm³/mol.